The first-order valence-electron chi connectivity index (χ1n) is 20.9. The molecule has 6 aromatic rings. The molecule has 0 saturated heterocycles. The summed E-state index contributed by atoms with van der Waals surface area (Å²) in [6, 6.07) is 46.6. The minimum absolute atomic E-state index is 0.498. The van der Waals surface area contributed by atoms with Gasteiger partial charge >= 0.3 is 0 Å². The number of likely N-dealkylation sites (N-methyl/N-ethyl adjacent to an activating group) is 1. The third kappa shape index (κ3) is 17.9. The minimum Gasteiger partial charge on any atom is -0.490 e. The fourth-order valence-corrected chi connectivity index (χ4v) is 6.01. The van der Waals surface area contributed by atoms with Gasteiger partial charge in [0.1, 0.15) is 18.1 Å². The SMILES string of the molecule is CC(C)c1ccc(Cl)cc1.CC(C)c1ccc(Oc2ccccc2)nc1.CC(C)c1ccc2c(c1)OCCN2C.CC(C)c1cccc(Cl)c1.CC(C)c1ccccc1. The smallest absolute Gasteiger partial charge is 0.219 e. The van der Waals surface area contributed by atoms with Gasteiger partial charge in [-0.2, -0.15) is 0 Å². The number of hydrogen-bond donors (Lipinski definition) is 0. The van der Waals surface area contributed by atoms with Gasteiger partial charge in [0.15, 0.2) is 0 Å². The molecular formula is C53H66Cl2N2O2. The van der Waals surface area contributed by atoms with Crippen LogP contribution in [0.4, 0.5) is 5.69 Å². The predicted octanol–water partition coefficient (Wildman–Crippen LogP) is 16.4. The Bertz CT molecular complexity index is 2030. The van der Waals surface area contributed by atoms with E-state index in [1.807, 2.05) is 79.0 Å². The van der Waals surface area contributed by atoms with Gasteiger partial charge in [0.05, 0.1) is 12.2 Å². The standard InChI is InChI=1S/C14H15NO.C12H17NO.2C9H11Cl.C9H12/c1-11(2)12-8-9-14(15-10-12)16-13-6-4-3-5-7-13;1-9(2)10-4-5-11-12(8-10)14-7-6-13(11)3;1-7(2)8-3-5-9(10)6-4-8;1-7(2)8-4-3-5-9(10)6-8;1-8(2)9-6-4-3-5-7-9/h3-11H,1-2H3;4-5,8-9H,6-7H2,1-3H3;2*3-7H,1-2H3;3-8H,1-2H3. The van der Waals surface area contributed by atoms with E-state index in [2.05, 4.69) is 153 Å². The van der Waals surface area contributed by atoms with Crippen LogP contribution in [0.2, 0.25) is 10.0 Å². The number of nitrogens with zero attached hydrogens (tertiary/aromatic N) is 2. The maximum absolute atomic E-state index is 5.79. The van der Waals surface area contributed by atoms with Gasteiger partial charge in [-0.1, -0.05) is 177 Å². The van der Waals surface area contributed by atoms with Crippen molar-refractivity contribution in [2.75, 3.05) is 25.1 Å². The normalized spacial score (nSPS) is 11.5. The average Bonchev–Trinajstić information content (AvgIpc) is 3.23. The molecule has 0 atom stereocenters. The first-order chi connectivity index (χ1) is 28.1. The highest BCUT2D eigenvalue weighted by molar-refractivity contribution is 6.30. The topological polar surface area (TPSA) is 34.6 Å². The van der Waals surface area contributed by atoms with E-state index >= 15 is 0 Å². The van der Waals surface area contributed by atoms with Crippen LogP contribution < -0.4 is 14.4 Å². The fraction of sp³-hybridized carbons (Fsp3) is 0.340. The summed E-state index contributed by atoms with van der Waals surface area (Å²) in [6.45, 7) is 23.5. The number of hydrogen-bond acceptors (Lipinski definition) is 4. The molecule has 0 bridgehead atoms. The van der Waals surface area contributed by atoms with Gasteiger partial charge in [-0.25, -0.2) is 4.98 Å². The number of aromatic nitrogens is 1. The molecule has 1 aromatic heterocycles. The van der Waals surface area contributed by atoms with Crippen LogP contribution in [0, 0.1) is 0 Å². The van der Waals surface area contributed by atoms with Crippen LogP contribution in [-0.4, -0.2) is 25.2 Å². The van der Waals surface area contributed by atoms with Crippen molar-refractivity contribution in [3.63, 3.8) is 0 Å². The summed E-state index contributed by atoms with van der Waals surface area (Å²) < 4.78 is 11.2. The molecule has 0 spiro atoms. The third-order valence-electron chi connectivity index (χ3n) is 9.66. The molecule has 0 saturated carbocycles. The number of fused-ring (bicyclic) bond motifs is 1. The number of pyridine rings is 1. The number of benzene rings is 5. The molecule has 0 amide bonds. The van der Waals surface area contributed by atoms with E-state index in [9.17, 15) is 0 Å². The molecule has 4 nitrogen and oxygen atoms in total. The zero-order valence-electron chi connectivity index (χ0n) is 37.1. The molecule has 0 N–H and O–H groups in total. The Balaban J connectivity index is 0.000000201. The van der Waals surface area contributed by atoms with Crippen LogP contribution in [0.3, 0.4) is 0 Å². The van der Waals surface area contributed by atoms with Gasteiger partial charge in [0.25, 0.3) is 0 Å². The van der Waals surface area contributed by atoms with Crippen molar-refractivity contribution in [3.8, 4) is 17.4 Å². The Kier molecular flexibility index (Phi) is 21.1. The molecule has 1 aliphatic heterocycles. The zero-order valence-corrected chi connectivity index (χ0v) is 38.6. The van der Waals surface area contributed by atoms with Gasteiger partial charge in [-0.15, -0.1) is 0 Å². The van der Waals surface area contributed by atoms with E-state index in [1.165, 1.54) is 33.5 Å². The second kappa shape index (κ2) is 25.7. The lowest BCUT2D eigenvalue weighted by atomic mass is 10.0. The van der Waals surface area contributed by atoms with Gasteiger partial charge in [0.2, 0.25) is 5.88 Å². The van der Waals surface area contributed by atoms with Crippen LogP contribution in [0.25, 0.3) is 0 Å². The van der Waals surface area contributed by atoms with Crippen LogP contribution in [-0.2, 0) is 0 Å². The van der Waals surface area contributed by atoms with Crippen molar-refractivity contribution in [1.29, 1.82) is 0 Å². The lowest BCUT2D eigenvalue weighted by Crippen LogP contribution is -2.28. The van der Waals surface area contributed by atoms with Gasteiger partial charge in [-0.05, 0) is 106 Å². The lowest BCUT2D eigenvalue weighted by Gasteiger charge is -2.28. The van der Waals surface area contributed by atoms with Crippen LogP contribution in [0.5, 0.6) is 17.4 Å². The molecule has 6 heteroatoms. The average molecular weight is 834 g/mol. The molecule has 0 fully saturated rings. The molecule has 2 heterocycles. The van der Waals surface area contributed by atoms with E-state index in [4.69, 9.17) is 32.7 Å². The molecule has 7 rings (SSSR count). The van der Waals surface area contributed by atoms with Crippen molar-refractivity contribution in [3.05, 3.63) is 184 Å². The lowest BCUT2D eigenvalue weighted by molar-refractivity contribution is 0.311. The Hall–Kier alpha value is -4.77. The van der Waals surface area contributed by atoms with E-state index in [-0.39, 0.29) is 0 Å². The van der Waals surface area contributed by atoms with Crippen molar-refractivity contribution in [1.82, 2.24) is 4.98 Å². The van der Waals surface area contributed by atoms with Crippen molar-refractivity contribution in [2.24, 2.45) is 0 Å². The third-order valence-corrected chi connectivity index (χ3v) is 10.1. The molecular weight excluding hydrogens is 768 g/mol. The summed E-state index contributed by atoms with van der Waals surface area (Å²) in [5.41, 5.74) is 7.83. The molecule has 1 aliphatic rings. The van der Waals surface area contributed by atoms with Crippen molar-refractivity contribution >= 4 is 28.9 Å². The first kappa shape index (κ1) is 48.6. The number of para-hydroxylation sites is 1. The van der Waals surface area contributed by atoms with E-state index in [0.29, 0.717) is 35.5 Å². The largest absolute Gasteiger partial charge is 0.490 e. The molecule has 5 aromatic carbocycles. The number of ether oxygens (including phenoxy) is 2. The Labute approximate surface area is 366 Å². The summed E-state index contributed by atoms with van der Waals surface area (Å²) in [4.78, 5) is 6.51. The highest BCUT2D eigenvalue weighted by Crippen LogP contribution is 2.33. The Morgan fingerprint density at radius 1 is 0.508 bits per heavy atom. The summed E-state index contributed by atoms with van der Waals surface area (Å²) in [7, 11) is 2.11. The van der Waals surface area contributed by atoms with E-state index in [0.717, 1.165) is 34.7 Å². The van der Waals surface area contributed by atoms with Crippen molar-refractivity contribution in [2.45, 2.75) is 98.8 Å². The molecule has 314 valence electrons. The van der Waals surface area contributed by atoms with Gasteiger partial charge < -0.3 is 14.4 Å². The molecule has 0 aliphatic carbocycles. The highest BCUT2D eigenvalue weighted by atomic mass is 35.5. The van der Waals surface area contributed by atoms with E-state index < -0.39 is 0 Å². The van der Waals surface area contributed by atoms with Crippen LogP contribution in [0.1, 0.15) is 127 Å². The van der Waals surface area contributed by atoms with Crippen molar-refractivity contribution < 1.29 is 9.47 Å². The van der Waals surface area contributed by atoms with E-state index in [1.54, 1.807) is 0 Å². The molecule has 59 heavy (non-hydrogen) atoms. The Morgan fingerprint density at radius 2 is 1.00 bits per heavy atom. The van der Waals surface area contributed by atoms with Gasteiger partial charge in [-0.3, -0.25) is 0 Å². The summed E-state index contributed by atoms with van der Waals surface area (Å²) >= 11 is 11.5. The van der Waals surface area contributed by atoms with Crippen LogP contribution in [0.15, 0.2) is 146 Å². The quantitative estimate of drug-likeness (QED) is 0.160. The monoisotopic (exact) mass is 832 g/mol. The number of anilines is 1. The maximum Gasteiger partial charge on any atom is 0.219 e. The maximum atomic E-state index is 5.79. The number of halogens is 2. The van der Waals surface area contributed by atoms with Crippen LogP contribution >= 0.6 is 23.2 Å². The molecule has 0 radical (unpaired) electrons. The minimum atomic E-state index is 0.498. The second-order valence-electron chi connectivity index (χ2n) is 16.1. The molecule has 0 unspecified atom stereocenters. The predicted molar refractivity (Wildman–Crippen MR) is 256 cm³/mol. The zero-order chi connectivity index (χ0) is 43.3. The summed E-state index contributed by atoms with van der Waals surface area (Å²) in [5.74, 6) is 5.37. The first-order valence-corrected chi connectivity index (χ1v) is 21.6. The fourth-order valence-electron chi connectivity index (χ4n) is 5.69. The summed E-state index contributed by atoms with van der Waals surface area (Å²) in [5, 5.41) is 1.63. The second-order valence-corrected chi connectivity index (χ2v) is 17.0. The Morgan fingerprint density at radius 3 is 1.49 bits per heavy atom. The number of rotatable bonds is 7. The summed E-state index contributed by atoms with van der Waals surface area (Å²) in [6.07, 6.45) is 1.86. The highest BCUT2D eigenvalue weighted by Gasteiger charge is 2.15. The van der Waals surface area contributed by atoms with Gasteiger partial charge in [0, 0.05) is 29.4 Å².